The zero-order chi connectivity index (χ0) is 10.1. The van der Waals surface area contributed by atoms with E-state index < -0.39 is 0 Å². The molecule has 3 heteroatoms. The van der Waals surface area contributed by atoms with Crippen molar-refractivity contribution in [2.24, 2.45) is 23.0 Å². The van der Waals surface area contributed by atoms with Gasteiger partial charge in [-0.15, -0.1) is 0 Å². The lowest BCUT2D eigenvalue weighted by molar-refractivity contribution is -0.125. The first-order valence-corrected chi connectivity index (χ1v) is 4.93. The van der Waals surface area contributed by atoms with Crippen LogP contribution in [0.25, 0.3) is 0 Å². The molecule has 0 spiro atoms. The van der Waals surface area contributed by atoms with Crippen LogP contribution in [-0.4, -0.2) is 19.0 Å². The Bertz CT molecular complexity index is 196. The summed E-state index contributed by atoms with van der Waals surface area (Å²) in [4.78, 5) is 11.2. The van der Waals surface area contributed by atoms with Gasteiger partial charge in [-0.05, 0) is 24.3 Å². The molecule has 1 aliphatic rings. The number of nitrogens with two attached hydrogens (primary N) is 1. The minimum Gasteiger partial charge on any atom is -0.369 e. The molecule has 76 valence electrons. The largest absolute Gasteiger partial charge is 0.369 e. The summed E-state index contributed by atoms with van der Waals surface area (Å²) in [6.07, 6.45) is 1.05. The summed E-state index contributed by atoms with van der Waals surface area (Å²) in [6.45, 7) is 8.29. The molecule has 3 N–H and O–H groups in total. The van der Waals surface area contributed by atoms with Crippen LogP contribution in [0.1, 0.15) is 27.2 Å². The van der Waals surface area contributed by atoms with Crippen molar-refractivity contribution in [3.8, 4) is 0 Å². The van der Waals surface area contributed by atoms with E-state index in [-0.39, 0.29) is 17.2 Å². The number of piperidine rings is 1. The van der Waals surface area contributed by atoms with Crippen LogP contribution < -0.4 is 11.1 Å². The number of nitrogens with one attached hydrogen (secondary N) is 1. The average Bonchev–Trinajstić information content (AvgIpc) is 2.03. The summed E-state index contributed by atoms with van der Waals surface area (Å²) in [7, 11) is 0. The Morgan fingerprint density at radius 2 is 2.08 bits per heavy atom. The van der Waals surface area contributed by atoms with Crippen LogP contribution in [0, 0.1) is 17.3 Å². The average molecular weight is 184 g/mol. The van der Waals surface area contributed by atoms with Crippen LogP contribution in [0.4, 0.5) is 0 Å². The molecule has 1 fully saturated rings. The third-order valence-electron chi connectivity index (χ3n) is 2.96. The smallest absolute Gasteiger partial charge is 0.222 e. The van der Waals surface area contributed by atoms with Gasteiger partial charge in [-0.1, -0.05) is 20.8 Å². The summed E-state index contributed by atoms with van der Waals surface area (Å²) >= 11 is 0. The van der Waals surface area contributed by atoms with E-state index in [1.807, 2.05) is 0 Å². The lowest BCUT2D eigenvalue weighted by Crippen LogP contribution is -2.47. The molecule has 13 heavy (non-hydrogen) atoms. The van der Waals surface area contributed by atoms with E-state index in [1.165, 1.54) is 0 Å². The number of hydrogen-bond donors (Lipinski definition) is 2. The molecule has 1 saturated heterocycles. The van der Waals surface area contributed by atoms with Gasteiger partial charge in [-0.25, -0.2) is 0 Å². The number of hydrogen-bond acceptors (Lipinski definition) is 2. The predicted octanol–water partition coefficient (Wildman–Crippen LogP) is 0.744. The Balaban J connectivity index is 2.73. The van der Waals surface area contributed by atoms with Crippen LogP contribution in [0.15, 0.2) is 0 Å². The molecule has 1 amide bonds. The van der Waals surface area contributed by atoms with Crippen molar-refractivity contribution in [1.82, 2.24) is 5.32 Å². The van der Waals surface area contributed by atoms with Crippen molar-refractivity contribution in [3.63, 3.8) is 0 Å². The van der Waals surface area contributed by atoms with Gasteiger partial charge in [0.05, 0.1) is 5.92 Å². The molecule has 3 nitrogen and oxygen atoms in total. The van der Waals surface area contributed by atoms with Gasteiger partial charge in [-0.2, -0.15) is 0 Å². The van der Waals surface area contributed by atoms with Gasteiger partial charge in [0.1, 0.15) is 0 Å². The molecule has 0 aromatic carbocycles. The molecule has 2 unspecified atom stereocenters. The maximum absolute atomic E-state index is 11.2. The molecule has 1 aliphatic heterocycles. The minimum absolute atomic E-state index is 0.00810. The first kappa shape index (κ1) is 10.5. The summed E-state index contributed by atoms with van der Waals surface area (Å²) in [5, 5.41) is 3.22. The van der Waals surface area contributed by atoms with Crippen LogP contribution in [-0.2, 0) is 4.79 Å². The molecule has 0 radical (unpaired) electrons. The highest BCUT2D eigenvalue weighted by atomic mass is 16.1. The summed E-state index contributed by atoms with van der Waals surface area (Å²) < 4.78 is 0. The van der Waals surface area contributed by atoms with E-state index in [0.29, 0.717) is 5.92 Å². The zero-order valence-electron chi connectivity index (χ0n) is 8.76. The van der Waals surface area contributed by atoms with Gasteiger partial charge in [-0.3, -0.25) is 4.79 Å². The van der Waals surface area contributed by atoms with Crippen molar-refractivity contribution in [1.29, 1.82) is 0 Å². The molecule has 0 aliphatic carbocycles. The van der Waals surface area contributed by atoms with Gasteiger partial charge in [0.2, 0.25) is 5.91 Å². The molecular formula is C10H20N2O. The van der Waals surface area contributed by atoms with Gasteiger partial charge < -0.3 is 11.1 Å². The van der Waals surface area contributed by atoms with E-state index in [0.717, 1.165) is 19.5 Å². The number of amides is 1. The molecule has 0 aromatic heterocycles. The second-order valence-corrected chi connectivity index (χ2v) is 4.97. The number of primary amides is 1. The lowest BCUT2D eigenvalue weighted by atomic mass is 9.69. The molecule has 1 rings (SSSR count). The van der Waals surface area contributed by atoms with Crippen LogP contribution in [0.2, 0.25) is 0 Å². The summed E-state index contributed by atoms with van der Waals surface area (Å²) in [5.74, 6) is 0.270. The van der Waals surface area contributed by atoms with E-state index in [1.54, 1.807) is 0 Å². The van der Waals surface area contributed by atoms with Crippen LogP contribution in [0.3, 0.4) is 0 Å². The highest BCUT2D eigenvalue weighted by Crippen LogP contribution is 2.35. The van der Waals surface area contributed by atoms with Crippen molar-refractivity contribution in [2.75, 3.05) is 13.1 Å². The fraction of sp³-hybridized carbons (Fsp3) is 0.900. The van der Waals surface area contributed by atoms with Gasteiger partial charge in [0.15, 0.2) is 0 Å². The van der Waals surface area contributed by atoms with E-state index >= 15 is 0 Å². The molecule has 1 heterocycles. The topological polar surface area (TPSA) is 55.1 Å². The van der Waals surface area contributed by atoms with Gasteiger partial charge in [0.25, 0.3) is 0 Å². The van der Waals surface area contributed by atoms with E-state index in [4.69, 9.17) is 5.73 Å². The SMILES string of the molecule is CC(C)(C)C1CCNCC1C(N)=O. The van der Waals surface area contributed by atoms with Crippen molar-refractivity contribution in [3.05, 3.63) is 0 Å². The molecule has 0 aromatic rings. The Morgan fingerprint density at radius 1 is 1.46 bits per heavy atom. The van der Waals surface area contributed by atoms with Gasteiger partial charge >= 0.3 is 0 Å². The zero-order valence-corrected chi connectivity index (χ0v) is 8.76. The Hall–Kier alpha value is -0.570. The second-order valence-electron chi connectivity index (χ2n) is 4.97. The van der Waals surface area contributed by atoms with E-state index in [9.17, 15) is 4.79 Å². The third kappa shape index (κ3) is 2.44. The van der Waals surface area contributed by atoms with Crippen molar-refractivity contribution < 1.29 is 4.79 Å². The number of carbonyl (C=O) groups excluding carboxylic acids is 1. The maximum Gasteiger partial charge on any atom is 0.222 e. The third-order valence-corrected chi connectivity index (χ3v) is 2.96. The first-order valence-electron chi connectivity index (χ1n) is 4.93. The van der Waals surface area contributed by atoms with E-state index in [2.05, 4.69) is 26.1 Å². The fourth-order valence-electron chi connectivity index (χ4n) is 2.19. The van der Waals surface area contributed by atoms with Crippen LogP contribution >= 0.6 is 0 Å². The minimum atomic E-state index is -0.160. The van der Waals surface area contributed by atoms with Crippen molar-refractivity contribution in [2.45, 2.75) is 27.2 Å². The molecule has 0 saturated carbocycles. The summed E-state index contributed by atoms with van der Waals surface area (Å²) in [6, 6.07) is 0. The lowest BCUT2D eigenvalue weighted by Gasteiger charge is -2.39. The highest BCUT2D eigenvalue weighted by Gasteiger charge is 2.36. The Kier molecular flexibility index (Phi) is 2.96. The first-order chi connectivity index (χ1) is 5.93. The monoisotopic (exact) mass is 184 g/mol. The Labute approximate surface area is 80.1 Å². The maximum atomic E-state index is 11.2. The number of rotatable bonds is 1. The fourth-order valence-corrected chi connectivity index (χ4v) is 2.19. The Morgan fingerprint density at radius 3 is 2.46 bits per heavy atom. The quantitative estimate of drug-likeness (QED) is 0.631. The second kappa shape index (κ2) is 3.66. The molecular weight excluding hydrogens is 164 g/mol. The van der Waals surface area contributed by atoms with Crippen LogP contribution in [0.5, 0.6) is 0 Å². The standard InChI is InChI=1S/C10H20N2O/c1-10(2,3)8-4-5-12-6-7(8)9(11)13/h7-8,12H,4-6H2,1-3H3,(H2,11,13). The normalized spacial score (nSPS) is 30.1. The van der Waals surface area contributed by atoms with Gasteiger partial charge in [0, 0.05) is 6.54 Å². The predicted molar refractivity (Wildman–Crippen MR) is 53.1 cm³/mol. The number of carbonyl (C=O) groups is 1. The highest BCUT2D eigenvalue weighted by molar-refractivity contribution is 5.77. The molecule has 0 bridgehead atoms. The summed E-state index contributed by atoms with van der Waals surface area (Å²) in [5.41, 5.74) is 5.56. The molecule has 2 atom stereocenters. The van der Waals surface area contributed by atoms with Crippen molar-refractivity contribution >= 4 is 5.91 Å².